The fourth-order valence-electron chi connectivity index (χ4n) is 4.04. The number of allylic oxidation sites excluding steroid dienone is 2. The standard InChI is InChI=1S/C23H29ClF3N3O4S/c1-3-35(32,33)21-7-6-19(24)12-18(21)14-28-22(31)16-4-5-17(20(13-16)34-23(25,26)27)15-30-10-8-29(2)9-11-30/h4-7,12-13,18,21H,3,8-11,14-15H2,1-2H3,(H,28,31). The van der Waals surface area contributed by atoms with Gasteiger partial charge in [-0.1, -0.05) is 36.7 Å². The number of carbonyl (C=O) groups is 1. The summed E-state index contributed by atoms with van der Waals surface area (Å²) in [6.45, 7) is 4.76. The molecule has 12 heteroatoms. The summed E-state index contributed by atoms with van der Waals surface area (Å²) in [4.78, 5) is 16.9. The van der Waals surface area contributed by atoms with Crippen LogP contribution in [0, 0.1) is 5.92 Å². The summed E-state index contributed by atoms with van der Waals surface area (Å²) in [5, 5.41) is 2.11. The van der Waals surface area contributed by atoms with Crippen LogP contribution in [0.2, 0.25) is 0 Å². The van der Waals surface area contributed by atoms with Crippen LogP contribution in [0.1, 0.15) is 22.8 Å². The first-order valence-electron chi connectivity index (χ1n) is 11.2. The molecule has 2 aliphatic rings. The molecular formula is C23H29ClF3N3O4S. The van der Waals surface area contributed by atoms with Crippen molar-refractivity contribution in [2.75, 3.05) is 45.5 Å². The number of halogens is 4. The van der Waals surface area contributed by atoms with Gasteiger partial charge in [0.1, 0.15) is 5.75 Å². The molecule has 7 nitrogen and oxygen atoms in total. The Morgan fingerprint density at radius 1 is 1.23 bits per heavy atom. The van der Waals surface area contributed by atoms with Gasteiger partial charge in [0.05, 0.1) is 5.25 Å². The third-order valence-electron chi connectivity index (χ3n) is 6.10. The summed E-state index contributed by atoms with van der Waals surface area (Å²) in [7, 11) is -1.47. The Labute approximate surface area is 208 Å². The van der Waals surface area contributed by atoms with Crippen LogP contribution < -0.4 is 10.1 Å². The SMILES string of the molecule is CCS(=O)(=O)C1C=CC(Cl)=CC1CNC(=O)c1ccc(CN2CCN(C)CC2)c(OC(F)(F)F)c1. The summed E-state index contributed by atoms with van der Waals surface area (Å²) >= 11 is 6.03. The second kappa shape index (κ2) is 11.3. The summed E-state index contributed by atoms with van der Waals surface area (Å²) < 4.78 is 68.3. The van der Waals surface area contributed by atoms with Crippen LogP contribution >= 0.6 is 11.6 Å². The molecule has 0 saturated carbocycles. The minimum absolute atomic E-state index is 0.0253. The Morgan fingerprint density at radius 2 is 1.91 bits per heavy atom. The Kier molecular flexibility index (Phi) is 8.90. The smallest absolute Gasteiger partial charge is 0.405 e. The zero-order chi connectivity index (χ0) is 25.8. The van der Waals surface area contributed by atoms with Crippen molar-refractivity contribution in [3.05, 3.63) is 52.6 Å². The van der Waals surface area contributed by atoms with Gasteiger partial charge in [0, 0.05) is 67.1 Å². The third-order valence-corrected chi connectivity index (χ3v) is 8.49. The van der Waals surface area contributed by atoms with Crippen LogP contribution in [0.4, 0.5) is 13.2 Å². The van der Waals surface area contributed by atoms with Crippen molar-refractivity contribution in [1.29, 1.82) is 0 Å². The summed E-state index contributed by atoms with van der Waals surface area (Å²) in [6.07, 6.45) is -0.376. The molecule has 1 amide bonds. The van der Waals surface area contributed by atoms with E-state index in [2.05, 4.69) is 15.0 Å². The van der Waals surface area contributed by atoms with Crippen molar-refractivity contribution in [1.82, 2.24) is 15.1 Å². The first kappa shape index (κ1) is 27.5. The summed E-state index contributed by atoms with van der Waals surface area (Å²) in [6, 6.07) is 3.96. The topological polar surface area (TPSA) is 79.0 Å². The second-order valence-corrected chi connectivity index (χ2v) is 11.5. The van der Waals surface area contributed by atoms with E-state index < -0.39 is 39.0 Å². The van der Waals surface area contributed by atoms with E-state index >= 15 is 0 Å². The summed E-state index contributed by atoms with van der Waals surface area (Å²) in [5.41, 5.74) is 0.298. The lowest BCUT2D eigenvalue weighted by molar-refractivity contribution is -0.275. The van der Waals surface area contributed by atoms with Crippen LogP contribution in [0.15, 0.2) is 41.5 Å². The van der Waals surface area contributed by atoms with Gasteiger partial charge in [-0.2, -0.15) is 0 Å². The maximum Gasteiger partial charge on any atom is 0.573 e. The lowest BCUT2D eigenvalue weighted by Gasteiger charge is -2.32. The van der Waals surface area contributed by atoms with E-state index in [1.165, 1.54) is 31.2 Å². The molecule has 0 radical (unpaired) electrons. The zero-order valence-corrected chi connectivity index (χ0v) is 21.1. The highest BCUT2D eigenvalue weighted by molar-refractivity contribution is 7.92. The largest absolute Gasteiger partial charge is 0.573 e. The van der Waals surface area contributed by atoms with Crippen molar-refractivity contribution in [3.8, 4) is 5.75 Å². The fourth-order valence-corrected chi connectivity index (χ4v) is 5.69. The second-order valence-electron chi connectivity index (χ2n) is 8.65. The number of rotatable bonds is 8. The molecule has 2 unspecified atom stereocenters. The summed E-state index contributed by atoms with van der Waals surface area (Å²) in [5.74, 6) is -1.76. The lowest BCUT2D eigenvalue weighted by Crippen LogP contribution is -2.44. The number of likely N-dealkylation sites (N-methyl/N-ethyl adjacent to an activating group) is 1. The molecule has 1 fully saturated rings. The van der Waals surface area contributed by atoms with Gasteiger partial charge in [0.25, 0.3) is 5.91 Å². The lowest BCUT2D eigenvalue weighted by atomic mass is 10.00. The molecule has 0 spiro atoms. The van der Waals surface area contributed by atoms with Gasteiger partial charge in [0.15, 0.2) is 9.84 Å². The molecule has 1 N–H and O–H groups in total. The number of benzene rings is 1. The molecule has 0 aromatic heterocycles. The van der Waals surface area contributed by atoms with Crippen molar-refractivity contribution < 1.29 is 31.1 Å². The number of alkyl halides is 3. The molecule has 1 heterocycles. The van der Waals surface area contributed by atoms with E-state index in [1.54, 1.807) is 6.08 Å². The molecule has 1 aliphatic carbocycles. The number of amides is 1. The molecule has 1 aliphatic heterocycles. The number of carbonyl (C=O) groups excluding carboxylic acids is 1. The van der Waals surface area contributed by atoms with E-state index in [1.807, 2.05) is 11.9 Å². The molecule has 1 aromatic carbocycles. The van der Waals surface area contributed by atoms with Crippen LogP contribution in [0.5, 0.6) is 5.75 Å². The molecule has 1 aromatic rings. The van der Waals surface area contributed by atoms with Gasteiger partial charge < -0.3 is 15.0 Å². The number of hydrogen-bond acceptors (Lipinski definition) is 6. The molecule has 0 bridgehead atoms. The van der Waals surface area contributed by atoms with Gasteiger partial charge in [-0.05, 0) is 25.3 Å². The Balaban J connectivity index is 1.75. The molecule has 3 rings (SSSR count). The number of hydrogen-bond donors (Lipinski definition) is 1. The molecule has 2 atom stereocenters. The van der Waals surface area contributed by atoms with Gasteiger partial charge in [0.2, 0.25) is 0 Å². The predicted octanol–water partition coefficient (Wildman–Crippen LogP) is 3.17. The molecule has 35 heavy (non-hydrogen) atoms. The first-order chi connectivity index (χ1) is 16.4. The van der Waals surface area contributed by atoms with Gasteiger partial charge >= 0.3 is 6.36 Å². The van der Waals surface area contributed by atoms with Crippen LogP contribution in [-0.4, -0.2) is 81.3 Å². The number of sulfone groups is 1. The van der Waals surface area contributed by atoms with Gasteiger partial charge in [-0.25, -0.2) is 8.42 Å². The van der Waals surface area contributed by atoms with Gasteiger partial charge in [-0.3, -0.25) is 9.69 Å². The van der Waals surface area contributed by atoms with Crippen molar-refractivity contribution in [3.63, 3.8) is 0 Å². The monoisotopic (exact) mass is 535 g/mol. The minimum atomic E-state index is -4.91. The normalized spacial score (nSPS) is 22.1. The predicted molar refractivity (Wildman–Crippen MR) is 128 cm³/mol. The van der Waals surface area contributed by atoms with Crippen molar-refractivity contribution in [2.45, 2.75) is 25.1 Å². The van der Waals surface area contributed by atoms with Gasteiger partial charge in [-0.15, -0.1) is 13.2 Å². The average molecular weight is 536 g/mol. The van der Waals surface area contributed by atoms with Crippen LogP contribution in [0.3, 0.4) is 0 Å². The Morgan fingerprint density at radius 3 is 2.54 bits per heavy atom. The minimum Gasteiger partial charge on any atom is -0.405 e. The maximum atomic E-state index is 13.1. The quantitative estimate of drug-likeness (QED) is 0.551. The zero-order valence-electron chi connectivity index (χ0n) is 19.5. The van der Waals surface area contributed by atoms with Crippen molar-refractivity contribution >= 4 is 27.3 Å². The number of nitrogens with zero attached hydrogens (tertiary/aromatic N) is 2. The van der Waals surface area contributed by atoms with E-state index in [0.717, 1.165) is 19.2 Å². The number of ether oxygens (including phenoxy) is 1. The van der Waals surface area contributed by atoms with Crippen LogP contribution in [-0.2, 0) is 16.4 Å². The number of piperazine rings is 1. The molecule has 1 saturated heterocycles. The molecular weight excluding hydrogens is 507 g/mol. The number of nitrogens with one attached hydrogen (secondary N) is 1. The highest BCUT2D eigenvalue weighted by Crippen LogP contribution is 2.29. The Bertz CT molecular complexity index is 1080. The average Bonchev–Trinajstić information content (AvgIpc) is 2.79. The van der Waals surface area contributed by atoms with E-state index in [4.69, 9.17) is 11.6 Å². The van der Waals surface area contributed by atoms with Crippen LogP contribution in [0.25, 0.3) is 0 Å². The first-order valence-corrected chi connectivity index (χ1v) is 13.3. The highest BCUT2D eigenvalue weighted by atomic mass is 35.5. The van der Waals surface area contributed by atoms with Crippen molar-refractivity contribution in [2.24, 2.45) is 5.92 Å². The van der Waals surface area contributed by atoms with E-state index in [0.29, 0.717) is 23.7 Å². The fraction of sp³-hybridized carbons (Fsp3) is 0.522. The van der Waals surface area contributed by atoms with E-state index in [9.17, 15) is 26.4 Å². The Hall–Kier alpha value is -2.08. The molecule has 194 valence electrons. The third kappa shape index (κ3) is 7.70. The van der Waals surface area contributed by atoms with E-state index in [-0.39, 0.29) is 24.4 Å². The highest BCUT2D eigenvalue weighted by Gasteiger charge is 2.34. The maximum absolute atomic E-state index is 13.1.